The number of methoxy groups -OCH3 is 1. The first kappa shape index (κ1) is 14.8. The van der Waals surface area contributed by atoms with Gasteiger partial charge in [0.15, 0.2) is 5.11 Å². The van der Waals surface area contributed by atoms with Gasteiger partial charge in [0.1, 0.15) is 5.75 Å². The number of hydrogen-bond donors (Lipinski definition) is 2. The van der Waals surface area contributed by atoms with Crippen LogP contribution in [0.2, 0.25) is 0 Å². The molecule has 100 valence electrons. The topological polar surface area (TPSA) is 33.3 Å². The molecule has 0 aliphatic carbocycles. The van der Waals surface area contributed by atoms with Crippen LogP contribution < -0.4 is 15.4 Å². The molecule has 18 heavy (non-hydrogen) atoms. The molecule has 0 bridgehead atoms. The summed E-state index contributed by atoms with van der Waals surface area (Å²) in [7, 11) is 1.70. The van der Waals surface area contributed by atoms with Crippen molar-refractivity contribution >= 4 is 17.3 Å². The predicted octanol–water partition coefficient (Wildman–Crippen LogP) is 2.50. The zero-order chi connectivity index (χ0) is 13.2. The van der Waals surface area contributed by atoms with Gasteiger partial charge in [-0.3, -0.25) is 0 Å². The average Bonchev–Trinajstić information content (AvgIpc) is 2.39. The third kappa shape index (κ3) is 5.36. The van der Waals surface area contributed by atoms with Gasteiger partial charge in [-0.1, -0.05) is 31.5 Å². The molecule has 0 unspecified atom stereocenters. The predicted molar refractivity (Wildman–Crippen MR) is 80.2 cm³/mol. The monoisotopic (exact) mass is 266 g/mol. The van der Waals surface area contributed by atoms with E-state index >= 15 is 0 Å². The van der Waals surface area contributed by atoms with Gasteiger partial charge in [-0.2, -0.15) is 0 Å². The Balaban J connectivity index is 2.26. The number of hydrogen-bond acceptors (Lipinski definition) is 2. The van der Waals surface area contributed by atoms with E-state index in [2.05, 4.69) is 23.6 Å². The summed E-state index contributed by atoms with van der Waals surface area (Å²) >= 11 is 5.19. The lowest BCUT2D eigenvalue weighted by molar-refractivity contribution is 0.409. The minimum atomic E-state index is 0.735. The molecular weight excluding hydrogens is 244 g/mol. The van der Waals surface area contributed by atoms with Gasteiger partial charge in [-0.15, -0.1) is 0 Å². The van der Waals surface area contributed by atoms with Gasteiger partial charge < -0.3 is 15.4 Å². The van der Waals surface area contributed by atoms with Crippen molar-refractivity contribution in [2.45, 2.75) is 26.2 Å². The first-order valence-corrected chi connectivity index (χ1v) is 6.82. The van der Waals surface area contributed by atoms with E-state index in [0.717, 1.165) is 36.8 Å². The molecule has 0 atom stereocenters. The number of nitrogens with one attached hydrogen (secondary N) is 2. The molecule has 0 aromatic heterocycles. The van der Waals surface area contributed by atoms with E-state index in [9.17, 15) is 0 Å². The van der Waals surface area contributed by atoms with Crippen molar-refractivity contribution in [2.24, 2.45) is 0 Å². The summed E-state index contributed by atoms with van der Waals surface area (Å²) in [5.41, 5.74) is 1.20. The molecule has 0 amide bonds. The maximum atomic E-state index is 5.31. The second kappa shape index (κ2) is 8.75. The van der Waals surface area contributed by atoms with Crippen molar-refractivity contribution in [3.05, 3.63) is 29.8 Å². The molecule has 0 saturated heterocycles. The maximum Gasteiger partial charge on any atom is 0.166 e. The highest BCUT2D eigenvalue weighted by atomic mass is 32.1. The Kier molecular flexibility index (Phi) is 7.18. The lowest BCUT2D eigenvalue weighted by Crippen LogP contribution is -2.36. The summed E-state index contributed by atoms with van der Waals surface area (Å²) in [5.74, 6) is 0.934. The van der Waals surface area contributed by atoms with Crippen molar-refractivity contribution in [2.75, 3.05) is 20.2 Å². The second-order valence-corrected chi connectivity index (χ2v) is 4.51. The number of ether oxygens (including phenoxy) is 1. The van der Waals surface area contributed by atoms with Gasteiger partial charge in [0.25, 0.3) is 0 Å². The van der Waals surface area contributed by atoms with Crippen LogP contribution in [0.15, 0.2) is 24.3 Å². The van der Waals surface area contributed by atoms with Crippen molar-refractivity contribution in [3.63, 3.8) is 0 Å². The number of thiocarbonyl (C=S) groups is 1. The minimum absolute atomic E-state index is 0.735. The molecule has 4 heteroatoms. The van der Waals surface area contributed by atoms with E-state index in [1.54, 1.807) is 7.11 Å². The fourth-order valence-electron chi connectivity index (χ4n) is 1.66. The van der Waals surface area contributed by atoms with Gasteiger partial charge in [0.05, 0.1) is 7.11 Å². The average molecular weight is 266 g/mol. The third-order valence-corrected chi connectivity index (χ3v) is 2.98. The molecule has 0 heterocycles. The van der Waals surface area contributed by atoms with Crippen LogP contribution in [0.1, 0.15) is 25.3 Å². The van der Waals surface area contributed by atoms with Crippen LogP contribution in [-0.4, -0.2) is 25.3 Å². The zero-order valence-electron chi connectivity index (χ0n) is 11.2. The van der Waals surface area contributed by atoms with Gasteiger partial charge >= 0.3 is 0 Å². The number of benzene rings is 1. The summed E-state index contributed by atoms with van der Waals surface area (Å²) < 4.78 is 5.31. The fourth-order valence-corrected chi connectivity index (χ4v) is 1.87. The highest BCUT2D eigenvalue weighted by Gasteiger charge is 2.01. The van der Waals surface area contributed by atoms with Crippen molar-refractivity contribution < 1.29 is 4.74 Å². The van der Waals surface area contributed by atoms with Gasteiger partial charge in [-0.05, 0) is 36.7 Å². The zero-order valence-corrected chi connectivity index (χ0v) is 12.0. The lowest BCUT2D eigenvalue weighted by Gasteiger charge is -2.11. The van der Waals surface area contributed by atoms with Crippen molar-refractivity contribution in [1.82, 2.24) is 10.6 Å². The Bertz CT molecular complexity index is 369. The summed E-state index contributed by atoms with van der Waals surface area (Å²) in [6.45, 7) is 3.93. The first-order chi connectivity index (χ1) is 8.77. The van der Waals surface area contributed by atoms with Crippen LogP contribution in [0.5, 0.6) is 5.75 Å². The molecule has 3 nitrogen and oxygen atoms in total. The molecular formula is C14H22N2OS. The normalized spacial score (nSPS) is 9.89. The fraction of sp³-hybridized carbons (Fsp3) is 0.500. The standard InChI is InChI=1S/C14H22N2OS/c1-3-4-10-15-14(18)16-11-9-12-7-5-6-8-13(12)17-2/h5-8H,3-4,9-11H2,1-2H3,(H2,15,16,18). The summed E-state index contributed by atoms with van der Waals surface area (Å²) in [5, 5.41) is 7.13. The van der Waals surface area contributed by atoms with E-state index in [-0.39, 0.29) is 0 Å². The van der Waals surface area contributed by atoms with Crippen LogP contribution in [0.25, 0.3) is 0 Å². The van der Waals surface area contributed by atoms with Crippen LogP contribution in [0.4, 0.5) is 0 Å². The molecule has 0 aliphatic rings. The van der Waals surface area contributed by atoms with Crippen LogP contribution in [0, 0.1) is 0 Å². The highest BCUT2D eigenvalue weighted by molar-refractivity contribution is 7.80. The Morgan fingerprint density at radius 2 is 1.94 bits per heavy atom. The number of rotatable bonds is 7. The molecule has 0 spiro atoms. The minimum Gasteiger partial charge on any atom is -0.496 e. The Morgan fingerprint density at radius 1 is 1.22 bits per heavy atom. The quantitative estimate of drug-likeness (QED) is 0.587. The van der Waals surface area contributed by atoms with Gasteiger partial charge in [-0.25, -0.2) is 0 Å². The van der Waals surface area contributed by atoms with Crippen molar-refractivity contribution in [1.29, 1.82) is 0 Å². The van der Waals surface area contributed by atoms with Gasteiger partial charge in [0, 0.05) is 13.1 Å². The molecule has 2 N–H and O–H groups in total. The molecule has 0 aliphatic heterocycles. The van der Waals surface area contributed by atoms with E-state index in [0.29, 0.717) is 0 Å². The Morgan fingerprint density at radius 3 is 2.67 bits per heavy atom. The number of unbranched alkanes of at least 4 members (excludes halogenated alkanes) is 1. The van der Waals surface area contributed by atoms with Crippen molar-refractivity contribution in [3.8, 4) is 5.75 Å². The lowest BCUT2D eigenvalue weighted by atomic mass is 10.1. The smallest absolute Gasteiger partial charge is 0.166 e. The molecule has 0 saturated carbocycles. The molecule has 0 fully saturated rings. The van der Waals surface area contributed by atoms with Crippen LogP contribution in [0.3, 0.4) is 0 Å². The largest absolute Gasteiger partial charge is 0.496 e. The summed E-state index contributed by atoms with van der Waals surface area (Å²) in [6.07, 6.45) is 3.23. The summed E-state index contributed by atoms with van der Waals surface area (Å²) in [4.78, 5) is 0. The second-order valence-electron chi connectivity index (χ2n) is 4.10. The Labute approximate surface area is 115 Å². The van der Waals surface area contributed by atoms with E-state index in [1.807, 2.05) is 18.2 Å². The SMILES string of the molecule is CCCCNC(=S)NCCc1ccccc1OC. The van der Waals surface area contributed by atoms with E-state index in [1.165, 1.54) is 12.0 Å². The van der Waals surface area contributed by atoms with E-state index in [4.69, 9.17) is 17.0 Å². The van der Waals surface area contributed by atoms with Gasteiger partial charge in [0.2, 0.25) is 0 Å². The number of para-hydroxylation sites is 1. The molecule has 1 aromatic rings. The summed E-state index contributed by atoms with van der Waals surface area (Å²) in [6, 6.07) is 8.06. The van der Waals surface area contributed by atoms with Crippen LogP contribution >= 0.6 is 12.2 Å². The third-order valence-electron chi connectivity index (χ3n) is 2.69. The highest BCUT2D eigenvalue weighted by Crippen LogP contribution is 2.17. The van der Waals surface area contributed by atoms with E-state index < -0.39 is 0 Å². The Hall–Kier alpha value is -1.29. The maximum absolute atomic E-state index is 5.31. The van der Waals surface area contributed by atoms with Crippen LogP contribution in [-0.2, 0) is 6.42 Å². The molecule has 1 rings (SSSR count). The molecule has 1 aromatic carbocycles. The molecule has 0 radical (unpaired) electrons. The first-order valence-electron chi connectivity index (χ1n) is 6.41.